The van der Waals surface area contributed by atoms with Gasteiger partial charge in [-0.25, -0.2) is 9.97 Å². The fourth-order valence-electron chi connectivity index (χ4n) is 4.96. The van der Waals surface area contributed by atoms with E-state index in [1.165, 1.54) is 37.2 Å². The van der Waals surface area contributed by atoms with Crippen LogP contribution >= 0.6 is 0 Å². The van der Waals surface area contributed by atoms with Crippen molar-refractivity contribution >= 4 is 5.82 Å². The Morgan fingerprint density at radius 1 is 1.12 bits per heavy atom. The molecule has 6 heteroatoms. The second-order valence-corrected chi connectivity index (χ2v) is 8.52. The first-order chi connectivity index (χ1) is 12.7. The summed E-state index contributed by atoms with van der Waals surface area (Å²) in [6.07, 6.45) is 6.29. The van der Waals surface area contributed by atoms with Crippen LogP contribution in [0.15, 0.2) is 18.6 Å². The Balaban J connectivity index is 1.23. The lowest BCUT2D eigenvalue weighted by Crippen LogP contribution is -2.29. The van der Waals surface area contributed by atoms with Crippen LogP contribution in [-0.4, -0.2) is 50.8 Å². The standard InChI is InChI=1S/C20H28N6/c1-14(2)18-6-20(22-13-21-18)25-11-16-9-24(10-17(16)12-25)8-15-7-23-26-5-3-4-19(15)26/h6-7,13-14,16-17H,3-5,8-12H2,1-2H3. The summed E-state index contributed by atoms with van der Waals surface area (Å²) in [7, 11) is 0. The summed E-state index contributed by atoms with van der Waals surface area (Å²) in [6, 6.07) is 2.18. The zero-order valence-electron chi connectivity index (χ0n) is 15.8. The van der Waals surface area contributed by atoms with E-state index in [4.69, 9.17) is 0 Å². The predicted octanol–water partition coefficient (Wildman–Crippen LogP) is 2.31. The van der Waals surface area contributed by atoms with Gasteiger partial charge in [0.1, 0.15) is 12.1 Å². The Hall–Kier alpha value is -1.95. The zero-order valence-corrected chi connectivity index (χ0v) is 15.8. The molecule has 0 N–H and O–H groups in total. The molecule has 0 aliphatic carbocycles. The average Bonchev–Trinajstić information content (AvgIpc) is 3.36. The molecule has 138 valence electrons. The van der Waals surface area contributed by atoms with Crippen LogP contribution in [0.3, 0.4) is 0 Å². The number of aryl methyl sites for hydroxylation is 1. The van der Waals surface area contributed by atoms with Crippen molar-refractivity contribution in [2.45, 2.75) is 45.7 Å². The first kappa shape index (κ1) is 16.2. The van der Waals surface area contributed by atoms with E-state index in [2.05, 4.69) is 55.7 Å². The summed E-state index contributed by atoms with van der Waals surface area (Å²) in [5, 5.41) is 4.55. The Morgan fingerprint density at radius 2 is 1.92 bits per heavy atom. The molecule has 0 amide bonds. The second-order valence-electron chi connectivity index (χ2n) is 8.52. The van der Waals surface area contributed by atoms with E-state index >= 15 is 0 Å². The molecule has 3 aliphatic heterocycles. The lowest BCUT2D eigenvalue weighted by molar-refractivity contribution is 0.308. The van der Waals surface area contributed by atoms with Crippen LogP contribution in [0.2, 0.25) is 0 Å². The summed E-state index contributed by atoms with van der Waals surface area (Å²) in [5.74, 6) is 3.08. The maximum atomic E-state index is 4.55. The molecule has 26 heavy (non-hydrogen) atoms. The molecule has 0 bridgehead atoms. The number of likely N-dealkylation sites (tertiary alicyclic amines) is 1. The third kappa shape index (κ3) is 2.80. The van der Waals surface area contributed by atoms with Crippen molar-refractivity contribution in [1.82, 2.24) is 24.6 Å². The monoisotopic (exact) mass is 352 g/mol. The SMILES string of the molecule is CC(C)c1cc(N2CC3CN(Cc4cnn5c4CCC5)CC3C2)ncn1. The molecule has 2 aromatic rings. The van der Waals surface area contributed by atoms with Gasteiger partial charge < -0.3 is 4.90 Å². The van der Waals surface area contributed by atoms with E-state index < -0.39 is 0 Å². The number of hydrogen-bond donors (Lipinski definition) is 0. The van der Waals surface area contributed by atoms with Gasteiger partial charge in [-0.15, -0.1) is 0 Å². The molecule has 2 aromatic heterocycles. The van der Waals surface area contributed by atoms with Crippen molar-refractivity contribution < 1.29 is 0 Å². The molecule has 2 unspecified atom stereocenters. The van der Waals surface area contributed by atoms with E-state index in [1.54, 1.807) is 6.33 Å². The van der Waals surface area contributed by atoms with E-state index in [0.717, 1.165) is 49.5 Å². The average molecular weight is 352 g/mol. The van der Waals surface area contributed by atoms with Crippen molar-refractivity contribution in [3.8, 4) is 0 Å². The second kappa shape index (κ2) is 6.34. The molecule has 0 radical (unpaired) electrons. The van der Waals surface area contributed by atoms with Gasteiger partial charge >= 0.3 is 0 Å². The van der Waals surface area contributed by atoms with Crippen molar-refractivity contribution in [3.05, 3.63) is 35.5 Å². The maximum absolute atomic E-state index is 4.55. The van der Waals surface area contributed by atoms with E-state index in [0.29, 0.717) is 5.92 Å². The van der Waals surface area contributed by atoms with E-state index in [1.807, 2.05) is 0 Å². The number of hydrogen-bond acceptors (Lipinski definition) is 5. The van der Waals surface area contributed by atoms with Crippen LogP contribution in [0.4, 0.5) is 5.82 Å². The van der Waals surface area contributed by atoms with Gasteiger partial charge in [0.2, 0.25) is 0 Å². The van der Waals surface area contributed by atoms with Crippen molar-refractivity contribution in [2.75, 3.05) is 31.1 Å². The molecule has 5 heterocycles. The minimum absolute atomic E-state index is 0.451. The molecule has 5 rings (SSSR count). The van der Waals surface area contributed by atoms with Crippen molar-refractivity contribution in [3.63, 3.8) is 0 Å². The van der Waals surface area contributed by atoms with Gasteiger partial charge in [-0.3, -0.25) is 9.58 Å². The van der Waals surface area contributed by atoms with Crippen LogP contribution in [0.25, 0.3) is 0 Å². The summed E-state index contributed by atoms with van der Waals surface area (Å²) >= 11 is 0. The highest BCUT2D eigenvalue weighted by molar-refractivity contribution is 5.41. The molecule has 0 aromatic carbocycles. The van der Waals surface area contributed by atoms with Gasteiger partial charge in [0.25, 0.3) is 0 Å². The quantitative estimate of drug-likeness (QED) is 0.845. The topological polar surface area (TPSA) is 50.1 Å². The molecule has 0 saturated carbocycles. The van der Waals surface area contributed by atoms with Crippen molar-refractivity contribution in [1.29, 1.82) is 0 Å². The van der Waals surface area contributed by atoms with Crippen LogP contribution in [0.1, 0.15) is 43.1 Å². The number of fused-ring (bicyclic) bond motifs is 2. The first-order valence-corrected chi connectivity index (χ1v) is 10.00. The first-order valence-electron chi connectivity index (χ1n) is 10.00. The maximum Gasteiger partial charge on any atom is 0.132 e. The Morgan fingerprint density at radius 3 is 2.69 bits per heavy atom. The Kier molecular flexibility index (Phi) is 3.96. The van der Waals surface area contributed by atoms with Crippen LogP contribution in [0.5, 0.6) is 0 Å². The minimum Gasteiger partial charge on any atom is -0.356 e. The molecule has 2 saturated heterocycles. The van der Waals surface area contributed by atoms with E-state index in [9.17, 15) is 0 Å². The fraction of sp³-hybridized carbons (Fsp3) is 0.650. The Bertz CT molecular complexity index is 783. The molecule has 2 atom stereocenters. The summed E-state index contributed by atoms with van der Waals surface area (Å²) in [6.45, 7) is 11.2. The molecule has 2 fully saturated rings. The summed E-state index contributed by atoms with van der Waals surface area (Å²) in [5.41, 5.74) is 4.08. The van der Waals surface area contributed by atoms with Gasteiger partial charge in [-0.1, -0.05) is 13.8 Å². The molecule has 3 aliphatic rings. The third-order valence-corrected chi connectivity index (χ3v) is 6.36. The van der Waals surface area contributed by atoms with Gasteiger partial charge in [0.15, 0.2) is 0 Å². The minimum atomic E-state index is 0.451. The third-order valence-electron chi connectivity index (χ3n) is 6.36. The number of aromatic nitrogens is 4. The number of rotatable bonds is 4. The predicted molar refractivity (Wildman–Crippen MR) is 101 cm³/mol. The highest BCUT2D eigenvalue weighted by atomic mass is 15.3. The van der Waals surface area contributed by atoms with Crippen LogP contribution < -0.4 is 4.90 Å². The molecule has 0 spiro atoms. The lowest BCUT2D eigenvalue weighted by atomic mass is 10.0. The zero-order chi connectivity index (χ0) is 17.7. The van der Waals surface area contributed by atoms with E-state index in [-0.39, 0.29) is 0 Å². The van der Waals surface area contributed by atoms with Gasteiger partial charge in [-0.05, 0) is 30.6 Å². The summed E-state index contributed by atoms with van der Waals surface area (Å²) in [4.78, 5) is 14.1. The van der Waals surface area contributed by atoms with Crippen LogP contribution in [-0.2, 0) is 19.5 Å². The molecule has 6 nitrogen and oxygen atoms in total. The van der Waals surface area contributed by atoms with Gasteiger partial charge in [-0.2, -0.15) is 5.10 Å². The van der Waals surface area contributed by atoms with Gasteiger partial charge in [0.05, 0.1) is 6.20 Å². The highest BCUT2D eigenvalue weighted by Gasteiger charge is 2.40. The fourth-order valence-corrected chi connectivity index (χ4v) is 4.96. The largest absolute Gasteiger partial charge is 0.356 e. The Labute approximate surface area is 155 Å². The molecular weight excluding hydrogens is 324 g/mol. The molecular formula is C20H28N6. The lowest BCUT2D eigenvalue weighted by Gasteiger charge is -2.22. The number of nitrogens with zero attached hydrogens (tertiary/aromatic N) is 6. The normalized spacial score (nSPS) is 25.3. The smallest absolute Gasteiger partial charge is 0.132 e. The summed E-state index contributed by atoms with van der Waals surface area (Å²) < 4.78 is 2.20. The van der Waals surface area contributed by atoms with Crippen LogP contribution in [0, 0.1) is 11.8 Å². The number of anilines is 1. The van der Waals surface area contributed by atoms with Crippen molar-refractivity contribution in [2.24, 2.45) is 11.8 Å². The highest BCUT2D eigenvalue weighted by Crippen LogP contribution is 2.34. The van der Waals surface area contributed by atoms with Gasteiger partial charge in [0, 0.05) is 62.3 Å².